The van der Waals surface area contributed by atoms with Crippen LogP contribution in [0.3, 0.4) is 0 Å². The second-order valence-electron chi connectivity index (χ2n) is 8.26. The number of imidazole rings is 1. The molecule has 2 aromatic carbocycles. The smallest absolute Gasteiger partial charge is 0.287 e. The normalized spacial score (nSPS) is 12.1. The van der Waals surface area contributed by atoms with Crippen LogP contribution in [0.5, 0.6) is 5.75 Å². The molecule has 172 valence electrons. The first kappa shape index (κ1) is 22.6. The predicted octanol–water partition coefficient (Wildman–Crippen LogP) is 5.93. The van der Waals surface area contributed by atoms with Gasteiger partial charge < -0.3 is 19.0 Å². The average molecular weight is 446 g/mol. The Bertz CT molecular complexity index is 1160. The highest BCUT2D eigenvalue weighted by Gasteiger charge is 2.13. The van der Waals surface area contributed by atoms with Gasteiger partial charge in [0.1, 0.15) is 11.6 Å². The van der Waals surface area contributed by atoms with Crippen LogP contribution in [0.1, 0.15) is 61.0 Å². The standard InChI is InChI=1S/C27H31N3O3/c1-3-20(2)21-12-14-22(15-13-21)32-17-7-6-16-30-24-10-5-4-9-23(24)29-26(30)19-28-27(31)25-11-8-18-33-25/h4-5,8-15,18,20H,3,6-7,16-17,19H2,1-2H3,(H,28,31). The molecular formula is C27H31N3O3. The molecule has 0 fully saturated rings. The zero-order valence-electron chi connectivity index (χ0n) is 19.3. The number of rotatable bonds is 11. The van der Waals surface area contributed by atoms with E-state index in [4.69, 9.17) is 14.1 Å². The van der Waals surface area contributed by atoms with Crippen molar-refractivity contribution in [2.24, 2.45) is 0 Å². The maximum absolute atomic E-state index is 12.3. The van der Waals surface area contributed by atoms with Crippen LogP contribution >= 0.6 is 0 Å². The first-order valence-corrected chi connectivity index (χ1v) is 11.6. The van der Waals surface area contributed by atoms with E-state index in [2.05, 4.69) is 54.1 Å². The third-order valence-corrected chi connectivity index (χ3v) is 5.99. The molecule has 0 aliphatic carbocycles. The lowest BCUT2D eigenvalue weighted by atomic mass is 9.99. The van der Waals surface area contributed by atoms with E-state index in [9.17, 15) is 4.79 Å². The van der Waals surface area contributed by atoms with E-state index < -0.39 is 0 Å². The maximum atomic E-state index is 12.3. The predicted molar refractivity (Wildman–Crippen MR) is 129 cm³/mol. The molecule has 0 aliphatic heterocycles. The van der Waals surface area contributed by atoms with Gasteiger partial charge in [0, 0.05) is 6.54 Å². The Hall–Kier alpha value is -3.54. The number of furan rings is 1. The second-order valence-corrected chi connectivity index (χ2v) is 8.26. The summed E-state index contributed by atoms with van der Waals surface area (Å²) in [5, 5.41) is 2.90. The van der Waals surface area contributed by atoms with E-state index in [1.807, 2.05) is 18.2 Å². The number of aromatic nitrogens is 2. The Morgan fingerprint density at radius 3 is 2.67 bits per heavy atom. The first-order chi connectivity index (χ1) is 16.2. The summed E-state index contributed by atoms with van der Waals surface area (Å²) < 4.78 is 13.3. The van der Waals surface area contributed by atoms with E-state index in [0.29, 0.717) is 24.8 Å². The van der Waals surface area contributed by atoms with E-state index in [1.165, 1.54) is 11.8 Å². The summed E-state index contributed by atoms with van der Waals surface area (Å²) in [6.07, 6.45) is 4.51. The number of hydrogen-bond acceptors (Lipinski definition) is 4. The topological polar surface area (TPSA) is 69.3 Å². The molecule has 4 rings (SSSR count). The number of unbranched alkanes of at least 4 members (excludes halogenated alkanes) is 1. The highest BCUT2D eigenvalue weighted by atomic mass is 16.5. The van der Waals surface area contributed by atoms with E-state index in [1.54, 1.807) is 12.1 Å². The van der Waals surface area contributed by atoms with Crippen LogP contribution in [-0.2, 0) is 13.1 Å². The molecular weight excluding hydrogens is 414 g/mol. The number of para-hydroxylation sites is 2. The molecule has 0 saturated heterocycles. The lowest BCUT2D eigenvalue weighted by molar-refractivity contribution is 0.0921. The number of hydrogen-bond donors (Lipinski definition) is 1. The third-order valence-electron chi connectivity index (χ3n) is 5.99. The highest BCUT2D eigenvalue weighted by molar-refractivity contribution is 5.91. The van der Waals surface area contributed by atoms with Crippen LogP contribution in [0, 0.1) is 0 Å². The summed E-state index contributed by atoms with van der Waals surface area (Å²) in [6.45, 7) is 6.26. The molecule has 1 amide bonds. The van der Waals surface area contributed by atoms with Gasteiger partial charge in [-0.3, -0.25) is 4.79 Å². The molecule has 1 N–H and O–H groups in total. The summed E-state index contributed by atoms with van der Waals surface area (Å²) >= 11 is 0. The minimum absolute atomic E-state index is 0.244. The number of fused-ring (bicyclic) bond motifs is 1. The molecule has 0 aliphatic rings. The van der Waals surface area contributed by atoms with Gasteiger partial charge in [-0.15, -0.1) is 0 Å². The largest absolute Gasteiger partial charge is 0.494 e. The number of nitrogens with zero attached hydrogens (tertiary/aromatic N) is 2. The third kappa shape index (κ3) is 5.64. The van der Waals surface area contributed by atoms with Crippen molar-refractivity contribution in [3.8, 4) is 5.75 Å². The van der Waals surface area contributed by atoms with Crippen molar-refractivity contribution in [1.82, 2.24) is 14.9 Å². The van der Waals surface area contributed by atoms with E-state index in [0.717, 1.165) is 48.4 Å². The van der Waals surface area contributed by atoms with Crippen LogP contribution in [-0.4, -0.2) is 22.1 Å². The van der Waals surface area contributed by atoms with Crippen molar-refractivity contribution < 1.29 is 13.9 Å². The number of nitrogens with one attached hydrogen (secondary N) is 1. The van der Waals surface area contributed by atoms with Gasteiger partial charge in [-0.2, -0.15) is 0 Å². The average Bonchev–Trinajstić information content (AvgIpc) is 3.51. The fraction of sp³-hybridized carbons (Fsp3) is 0.333. The van der Waals surface area contributed by atoms with Crippen molar-refractivity contribution in [2.45, 2.75) is 52.1 Å². The van der Waals surface area contributed by atoms with Gasteiger partial charge in [0.25, 0.3) is 5.91 Å². The van der Waals surface area contributed by atoms with E-state index in [-0.39, 0.29) is 5.91 Å². The summed E-state index contributed by atoms with van der Waals surface area (Å²) in [7, 11) is 0. The Morgan fingerprint density at radius 2 is 1.91 bits per heavy atom. The quantitative estimate of drug-likeness (QED) is 0.290. The molecule has 1 atom stereocenters. The molecule has 2 heterocycles. The van der Waals surface area contributed by atoms with Gasteiger partial charge in [0.05, 0.1) is 30.4 Å². The first-order valence-electron chi connectivity index (χ1n) is 11.6. The Morgan fingerprint density at radius 1 is 1.09 bits per heavy atom. The lowest BCUT2D eigenvalue weighted by Crippen LogP contribution is -2.24. The minimum atomic E-state index is -0.244. The van der Waals surface area contributed by atoms with Crippen LogP contribution < -0.4 is 10.1 Å². The fourth-order valence-electron chi connectivity index (χ4n) is 3.85. The number of benzene rings is 2. The molecule has 2 aromatic heterocycles. The van der Waals surface area contributed by atoms with E-state index >= 15 is 0 Å². The minimum Gasteiger partial charge on any atom is -0.494 e. The van der Waals surface area contributed by atoms with Crippen LogP contribution in [0.25, 0.3) is 11.0 Å². The van der Waals surface area contributed by atoms with Crippen LogP contribution in [0.15, 0.2) is 71.3 Å². The fourth-order valence-corrected chi connectivity index (χ4v) is 3.85. The number of carbonyl (C=O) groups is 1. The zero-order valence-corrected chi connectivity index (χ0v) is 19.3. The molecule has 0 spiro atoms. The van der Waals surface area contributed by atoms with Gasteiger partial charge in [0.2, 0.25) is 0 Å². The van der Waals surface area contributed by atoms with Crippen molar-refractivity contribution in [3.05, 3.63) is 84.1 Å². The summed E-state index contributed by atoms with van der Waals surface area (Å²) in [5.74, 6) is 2.37. The summed E-state index contributed by atoms with van der Waals surface area (Å²) in [5.41, 5.74) is 3.35. The van der Waals surface area contributed by atoms with Gasteiger partial charge in [0.15, 0.2) is 5.76 Å². The lowest BCUT2D eigenvalue weighted by Gasteiger charge is -2.12. The number of aryl methyl sites for hydroxylation is 1. The van der Waals surface area contributed by atoms with Gasteiger partial charge in [-0.25, -0.2) is 4.98 Å². The Balaban J connectivity index is 1.32. The molecule has 0 radical (unpaired) electrons. The molecule has 1 unspecified atom stereocenters. The number of ether oxygens (including phenoxy) is 1. The van der Waals surface area contributed by atoms with Crippen molar-refractivity contribution in [1.29, 1.82) is 0 Å². The molecule has 6 heteroatoms. The van der Waals surface area contributed by atoms with Gasteiger partial charge in [-0.1, -0.05) is 38.1 Å². The highest BCUT2D eigenvalue weighted by Crippen LogP contribution is 2.22. The van der Waals surface area contributed by atoms with Crippen molar-refractivity contribution >= 4 is 16.9 Å². The van der Waals surface area contributed by atoms with Gasteiger partial charge in [-0.05, 0) is 67.1 Å². The zero-order chi connectivity index (χ0) is 23.0. The Kier molecular flexibility index (Phi) is 7.45. The Labute approximate surface area is 194 Å². The maximum Gasteiger partial charge on any atom is 0.287 e. The van der Waals surface area contributed by atoms with Crippen molar-refractivity contribution in [2.75, 3.05) is 6.61 Å². The summed E-state index contributed by atoms with van der Waals surface area (Å²) in [4.78, 5) is 17.0. The monoisotopic (exact) mass is 445 g/mol. The SMILES string of the molecule is CCC(C)c1ccc(OCCCCn2c(CNC(=O)c3ccco3)nc3ccccc32)cc1. The molecule has 33 heavy (non-hydrogen) atoms. The molecule has 6 nitrogen and oxygen atoms in total. The molecule has 0 bridgehead atoms. The summed E-state index contributed by atoms with van der Waals surface area (Å²) in [6, 6.07) is 19.8. The number of carbonyl (C=O) groups excluding carboxylic acids is 1. The second kappa shape index (κ2) is 10.9. The van der Waals surface area contributed by atoms with Crippen molar-refractivity contribution in [3.63, 3.8) is 0 Å². The molecule has 4 aromatic rings. The van der Waals surface area contributed by atoms with Gasteiger partial charge >= 0.3 is 0 Å². The number of amides is 1. The van der Waals surface area contributed by atoms with Crippen LogP contribution in [0.4, 0.5) is 0 Å². The van der Waals surface area contributed by atoms with Crippen LogP contribution in [0.2, 0.25) is 0 Å². The molecule has 0 saturated carbocycles.